The minimum Gasteiger partial charge on any atom is -0.296 e. The minimum atomic E-state index is 0.667. The third-order valence-electron chi connectivity index (χ3n) is 4.04. The van der Waals surface area contributed by atoms with Gasteiger partial charge in [0.1, 0.15) is 0 Å². The van der Waals surface area contributed by atoms with Gasteiger partial charge in [0.25, 0.3) is 0 Å². The van der Waals surface area contributed by atoms with Gasteiger partial charge in [0.15, 0.2) is 0 Å². The molecule has 3 rings (SSSR count). The molecule has 0 aromatic carbocycles. The van der Waals surface area contributed by atoms with Gasteiger partial charge in [-0.1, -0.05) is 36.0 Å². The minimum absolute atomic E-state index is 0.667. The van der Waals surface area contributed by atoms with Crippen LogP contribution >= 0.6 is 0 Å². The second-order valence-corrected chi connectivity index (χ2v) is 5.02. The van der Waals surface area contributed by atoms with E-state index in [2.05, 4.69) is 42.2 Å². The highest BCUT2D eigenvalue weighted by atomic mass is 15.2. The zero-order valence-corrected chi connectivity index (χ0v) is 9.39. The van der Waals surface area contributed by atoms with Gasteiger partial charge in [0, 0.05) is 17.9 Å². The van der Waals surface area contributed by atoms with E-state index in [1.54, 1.807) is 5.57 Å². The van der Waals surface area contributed by atoms with E-state index in [-0.39, 0.29) is 0 Å². The van der Waals surface area contributed by atoms with Gasteiger partial charge in [0.05, 0.1) is 0 Å². The highest BCUT2D eigenvalue weighted by Crippen LogP contribution is 2.39. The van der Waals surface area contributed by atoms with E-state index in [0.717, 1.165) is 0 Å². The first-order valence-corrected chi connectivity index (χ1v) is 6.13. The van der Waals surface area contributed by atoms with Crippen molar-refractivity contribution >= 4 is 0 Å². The lowest BCUT2D eigenvalue weighted by Gasteiger charge is -2.31. The average Bonchev–Trinajstić information content (AvgIpc) is 2.82. The van der Waals surface area contributed by atoms with Crippen LogP contribution in [0.5, 0.6) is 0 Å². The molecular formula is C14H19N. The average molecular weight is 201 g/mol. The van der Waals surface area contributed by atoms with E-state index in [0.29, 0.717) is 17.9 Å². The highest BCUT2D eigenvalue weighted by molar-refractivity contribution is 5.32. The van der Waals surface area contributed by atoms with Gasteiger partial charge in [-0.15, -0.1) is 0 Å². The van der Waals surface area contributed by atoms with Crippen LogP contribution in [0.4, 0.5) is 0 Å². The van der Waals surface area contributed by atoms with Gasteiger partial charge in [-0.05, 0) is 32.9 Å². The molecule has 0 amide bonds. The molecule has 0 bridgehead atoms. The number of nitrogens with zero attached hydrogens (tertiary/aromatic N) is 1. The second kappa shape index (κ2) is 3.64. The zero-order valence-electron chi connectivity index (χ0n) is 9.39. The number of likely N-dealkylation sites (tertiary alicyclic amines) is 1. The topological polar surface area (TPSA) is 3.24 Å². The van der Waals surface area contributed by atoms with Crippen LogP contribution in [-0.4, -0.2) is 24.0 Å². The van der Waals surface area contributed by atoms with Crippen molar-refractivity contribution in [3.8, 4) is 0 Å². The fourth-order valence-corrected chi connectivity index (χ4v) is 3.38. The monoisotopic (exact) mass is 201 g/mol. The molecule has 15 heavy (non-hydrogen) atoms. The Labute approximate surface area is 92.2 Å². The standard InChI is InChI=1S/C14H19N/c1-11-10-12-6-2-3-7-13(12)14(11)15-8-4-5-9-15/h2-3,6-7,10,12-14H,4-5,8-9H2,1H3. The maximum atomic E-state index is 2.68. The maximum absolute atomic E-state index is 2.68. The number of rotatable bonds is 1. The molecule has 80 valence electrons. The van der Waals surface area contributed by atoms with Crippen molar-refractivity contribution in [2.24, 2.45) is 11.8 Å². The van der Waals surface area contributed by atoms with Crippen LogP contribution in [0.25, 0.3) is 0 Å². The summed E-state index contributed by atoms with van der Waals surface area (Å²) in [5.41, 5.74) is 1.59. The molecule has 0 radical (unpaired) electrons. The van der Waals surface area contributed by atoms with Crippen molar-refractivity contribution in [3.05, 3.63) is 36.0 Å². The summed E-state index contributed by atoms with van der Waals surface area (Å²) in [5, 5.41) is 0. The molecule has 2 aliphatic carbocycles. The molecule has 0 aromatic heterocycles. The summed E-state index contributed by atoms with van der Waals surface area (Å²) in [7, 11) is 0. The highest BCUT2D eigenvalue weighted by Gasteiger charge is 2.37. The Kier molecular flexibility index (Phi) is 2.28. The lowest BCUT2D eigenvalue weighted by atomic mass is 9.87. The van der Waals surface area contributed by atoms with Gasteiger partial charge < -0.3 is 0 Å². The molecule has 3 unspecified atom stereocenters. The smallest absolute Gasteiger partial charge is 0.0376 e. The zero-order chi connectivity index (χ0) is 10.3. The molecular weight excluding hydrogens is 182 g/mol. The molecule has 0 saturated carbocycles. The largest absolute Gasteiger partial charge is 0.296 e. The third-order valence-corrected chi connectivity index (χ3v) is 4.04. The fourth-order valence-electron chi connectivity index (χ4n) is 3.38. The predicted molar refractivity (Wildman–Crippen MR) is 63.6 cm³/mol. The Morgan fingerprint density at radius 3 is 2.67 bits per heavy atom. The number of fused-ring (bicyclic) bond motifs is 1. The van der Waals surface area contributed by atoms with Crippen LogP contribution in [0.3, 0.4) is 0 Å². The van der Waals surface area contributed by atoms with E-state index < -0.39 is 0 Å². The van der Waals surface area contributed by atoms with E-state index in [9.17, 15) is 0 Å². The summed E-state index contributed by atoms with van der Waals surface area (Å²) in [6.07, 6.45) is 14.4. The van der Waals surface area contributed by atoms with Crippen LogP contribution in [0, 0.1) is 11.8 Å². The Hall–Kier alpha value is -0.820. The van der Waals surface area contributed by atoms with E-state index in [4.69, 9.17) is 0 Å². The van der Waals surface area contributed by atoms with Crippen LogP contribution in [-0.2, 0) is 0 Å². The van der Waals surface area contributed by atoms with Crippen LogP contribution in [0.2, 0.25) is 0 Å². The summed E-state index contributed by atoms with van der Waals surface area (Å²) in [6, 6.07) is 0.693. The Morgan fingerprint density at radius 2 is 1.87 bits per heavy atom. The van der Waals surface area contributed by atoms with Gasteiger partial charge >= 0.3 is 0 Å². The normalized spacial score (nSPS) is 39.5. The Bertz CT molecular complexity index is 331. The van der Waals surface area contributed by atoms with Crippen molar-refractivity contribution in [3.63, 3.8) is 0 Å². The molecule has 0 spiro atoms. The first-order valence-electron chi connectivity index (χ1n) is 6.13. The number of hydrogen-bond donors (Lipinski definition) is 0. The van der Waals surface area contributed by atoms with Gasteiger partial charge in [-0.25, -0.2) is 0 Å². The summed E-state index contributed by atoms with van der Waals surface area (Å²) in [5.74, 6) is 1.38. The lowest BCUT2D eigenvalue weighted by Crippen LogP contribution is -2.38. The summed E-state index contributed by atoms with van der Waals surface area (Å²) >= 11 is 0. The molecule has 3 atom stereocenters. The summed E-state index contributed by atoms with van der Waals surface area (Å²) < 4.78 is 0. The number of allylic oxidation sites excluding steroid dienone is 4. The molecule has 0 aromatic rings. The van der Waals surface area contributed by atoms with Crippen LogP contribution in [0.1, 0.15) is 19.8 Å². The van der Waals surface area contributed by atoms with Crippen molar-refractivity contribution in [2.45, 2.75) is 25.8 Å². The molecule has 1 aliphatic heterocycles. The lowest BCUT2D eigenvalue weighted by molar-refractivity contribution is 0.227. The number of hydrogen-bond acceptors (Lipinski definition) is 1. The van der Waals surface area contributed by atoms with Crippen LogP contribution < -0.4 is 0 Å². The van der Waals surface area contributed by atoms with Gasteiger partial charge in [0.2, 0.25) is 0 Å². The third kappa shape index (κ3) is 1.50. The first kappa shape index (κ1) is 9.41. The van der Waals surface area contributed by atoms with Crippen molar-refractivity contribution < 1.29 is 0 Å². The summed E-state index contributed by atoms with van der Waals surface area (Å²) in [4.78, 5) is 2.68. The van der Waals surface area contributed by atoms with Crippen molar-refractivity contribution in [1.29, 1.82) is 0 Å². The SMILES string of the molecule is CC1=CC2C=CC=CC2C1N1CCCC1. The fraction of sp³-hybridized carbons (Fsp3) is 0.571. The first-order chi connectivity index (χ1) is 7.36. The molecule has 1 fully saturated rings. The van der Waals surface area contributed by atoms with E-state index in [1.807, 2.05) is 0 Å². The van der Waals surface area contributed by atoms with Crippen molar-refractivity contribution in [2.75, 3.05) is 13.1 Å². The molecule has 1 heteroatoms. The quantitative estimate of drug-likeness (QED) is 0.590. The second-order valence-electron chi connectivity index (χ2n) is 5.02. The summed E-state index contributed by atoms with van der Waals surface area (Å²) in [6.45, 7) is 4.91. The Morgan fingerprint density at radius 1 is 1.13 bits per heavy atom. The van der Waals surface area contributed by atoms with E-state index in [1.165, 1.54) is 25.9 Å². The van der Waals surface area contributed by atoms with Crippen molar-refractivity contribution in [1.82, 2.24) is 4.90 Å². The Balaban J connectivity index is 1.85. The van der Waals surface area contributed by atoms with Gasteiger partial charge in [-0.2, -0.15) is 0 Å². The molecule has 0 N–H and O–H groups in total. The molecule has 1 saturated heterocycles. The van der Waals surface area contributed by atoms with Gasteiger partial charge in [-0.3, -0.25) is 4.90 Å². The maximum Gasteiger partial charge on any atom is 0.0376 e. The molecule has 1 heterocycles. The molecule has 1 nitrogen and oxygen atoms in total. The van der Waals surface area contributed by atoms with E-state index >= 15 is 0 Å². The van der Waals surface area contributed by atoms with Crippen LogP contribution in [0.15, 0.2) is 36.0 Å². The molecule has 3 aliphatic rings. The predicted octanol–water partition coefficient (Wildman–Crippen LogP) is 2.77.